The van der Waals surface area contributed by atoms with Crippen LogP contribution in [-0.2, 0) is 17.9 Å². The van der Waals surface area contributed by atoms with E-state index in [1.807, 2.05) is 30.7 Å². The third kappa shape index (κ3) is 2.23. The number of hydrogen-bond donors (Lipinski definition) is 1. The van der Waals surface area contributed by atoms with Gasteiger partial charge in [-0.1, -0.05) is 11.6 Å². The Kier molecular flexibility index (Phi) is 3.31. The maximum atomic E-state index is 6.18. The molecule has 6 heteroatoms. The Morgan fingerprint density at radius 1 is 1.40 bits per heavy atom. The van der Waals surface area contributed by atoms with E-state index < -0.39 is 0 Å². The summed E-state index contributed by atoms with van der Waals surface area (Å²) in [5, 5.41) is 5.14. The van der Waals surface area contributed by atoms with Crippen LogP contribution in [0.1, 0.15) is 22.5 Å². The van der Waals surface area contributed by atoms with Gasteiger partial charge in [-0.25, -0.2) is 0 Å². The van der Waals surface area contributed by atoms with E-state index in [0.717, 1.165) is 28.3 Å². The zero-order chi connectivity index (χ0) is 14.3. The van der Waals surface area contributed by atoms with E-state index >= 15 is 0 Å². The smallest absolute Gasteiger partial charge is 0.189 e. The Morgan fingerprint density at radius 3 is 2.90 bits per heavy atom. The minimum Gasteiger partial charge on any atom is -0.467 e. The zero-order valence-corrected chi connectivity index (χ0v) is 12.2. The summed E-state index contributed by atoms with van der Waals surface area (Å²) in [5.41, 5.74) is 10.4. The summed E-state index contributed by atoms with van der Waals surface area (Å²) in [4.78, 5) is 0. The van der Waals surface area contributed by atoms with Gasteiger partial charge < -0.3 is 15.2 Å². The summed E-state index contributed by atoms with van der Waals surface area (Å²) in [7, 11) is 0. The molecule has 0 saturated heterocycles. The number of anilines is 1. The molecule has 3 rings (SSSR count). The van der Waals surface area contributed by atoms with Crippen molar-refractivity contribution in [3.8, 4) is 5.75 Å². The molecule has 0 aliphatic carbocycles. The van der Waals surface area contributed by atoms with Crippen LogP contribution in [0, 0.1) is 13.8 Å². The van der Waals surface area contributed by atoms with Crippen molar-refractivity contribution in [3.63, 3.8) is 0 Å². The number of aryl methyl sites for hydroxylation is 1. The molecule has 1 aliphatic heterocycles. The Bertz CT molecular complexity index is 667. The van der Waals surface area contributed by atoms with Gasteiger partial charge in [0, 0.05) is 16.8 Å². The second-order valence-electron chi connectivity index (χ2n) is 4.92. The van der Waals surface area contributed by atoms with E-state index in [9.17, 15) is 0 Å². The van der Waals surface area contributed by atoms with E-state index in [0.29, 0.717) is 23.9 Å². The quantitative estimate of drug-likeness (QED) is 0.865. The average Bonchev–Trinajstić information content (AvgIpc) is 2.66. The number of aromatic nitrogens is 2. The Balaban J connectivity index is 2.02. The number of nitrogens with two attached hydrogens (primary N) is 1. The summed E-state index contributed by atoms with van der Waals surface area (Å²) in [6, 6.07) is 3.79. The van der Waals surface area contributed by atoms with Crippen LogP contribution in [0.25, 0.3) is 0 Å². The number of halogens is 1. The third-order valence-electron chi connectivity index (χ3n) is 3.42. The second-order valence-corrected chi connectivity index (χ2v) is 5.30. The molecular formula is C14H16ClN3O2. The fourth-order valence-electron chi connectivity index (χ4n) is 2.43. The molecular weight excluding hydrogens is 278 g/mol. The van der Waals surface area contributed by atoms with Gasteiger partial charge in [0.1, 0.15) is 5.75 Å². The van der Waals surface area contributed by atoms with Crippen molar-refractivity contribution in [1.82, 2.24) is 9.78 Å². The number of hydrogen-bond acceptors (Lipinski definition) is 4. The van der Waals surface area contributed by atoms with Crippen molar-refractivity contribution in [2.45, 2.75) is 27.0 Å². The number of rotatable bonds is 2. The molecule has 0 fully saturated rings. The van der Waals surface area contributed by atoms with Crippen LogP contribution in [0.4, 0.5) is 5.69 Å². The van der Waals surface area contributed by atoms with E-state index in [2.05, 4.69) is 5.10 Å². The molecule has 1 aliphatic rings. The van der Waals surface area contributed by atoms with Gasteiger partial charge >= 0.3 is 0 Å². The minimum absolute atomic E-state index is 0.266. The van der Waals surface area contributed by atoms with Crippen molar-refractivity contribution in [1.29, 1.82) is 0 Å². The van der Waals surface area contributed by atoms with Crippen molar-refractivity contribution < 1.29 is 9.47 Å². The van der Waals surface area contributed by atoms with Crippen molar-refractivity contribution >= 4 is 17.3 Å². The molecule has 0 atom stereocenters. The molecule has 1 aromatic carbocycles. The molecule has 5 nitrogen and oxygen atoms in total. The maximum Gasteiger partial charge on any atom is 0.189 e. The van der Waals surface area contributed by atoms with Crippen molar-refractivity contribution in [2.24, 2.45) is 0 Å². The highest BCUT2D eigenvalue weighted by Gasteiger charge is 2.18. The Labute approximate surface area is 122 Å². The molecule has 2 N–H and O–H groups in total. The highest BCUT2D eigenvalue weighted by Crippen LogP contribution is 2.32. The summed E-state index contributed by atoms with van der Waals surface area (Å²) >= 11 is 6.18. The molecule has 0 saturated carbocycles. The molecule has 106 valence electrons. The highest BCUT2D eigenvalue weighted by atomic mass is 35.5. The Morgan fingerprint density at radius 2 is 2.20 bits per heavy atom. The zero-order valence-electron chi connectivity index (χ0n) is 11.4. The number of fused-ring (bicyclic) bond motifs is 1. The van der Waals surface area contributed by atoms with E-state index in [1.165, 1.54) is 0 Å². The largest absolute Gasteiger partial charge is 0.467 e. The van der Waals surface area contributed by atoms with Crippen molar-refractivity contribution in [3.05, 3.63) is 39.7 Å². The number of ether oxygens (including phenoxy) is 2. The lowest BCUT2D eigenvalue weighted by molar-refractivity contribution is -0.0170. The van der Waals surface area contributed by atoms with Crippen LogP contribution in [0.15, 0.2) is 12.1 Å². The van der Waals surface area contributed by atoms with Crippen LogP contribution in [0.5, 0.6) is 5.75 Å². The first-order valence-corrected chi connectivity index (χ1v) is 6.75. The topological polar surface area (TPSA) is 62.3 Å². The van der Waals surface area contributed by atoms with Gasteiger partial charge in [0.2, 0.25) is 0 Å². The van der Waals surface area contributed by atoms with Crippen molar-refractivity contribution in [2.75, 3.05) is 12.5 Å². The summed E-state index contributed by atoms with van der Waals surface area (Å²) < 4.78 is 12.8. The molecule has 0 amide bonds. The monoisotopic (exact) mass is 293 g/mol. The van der Waals surface area contributed by atoms with Gasteiger partial charge in [-0.05, 0) is 26.0 Å². The molecule has 0 unspecified atom stereocenters. The first-order chi connectivity index (χ1) is 9.56. The number of nitrogen functional groups attached to an aromatic ring is 1. The first kappa shape index (κ1) is 13.3. The normalized spacial score (nSPS) is 13.9. The molecule has 0 radical (unpaired) electrons. The summed E-state index contributed by atoms with van der Waals surface area (Å²) in [5.74, 6) is 0.842. The van der Waals surface area contributed by atoms with Crippen LogP contribution >= 0.6 is 11.6 Å². The maximum absolute atomic E-state index is 6.18. The van der Waals surface area contributed by atoms with E-state index in [4.69, 9.17) is 26.8 Å². The SMILES string of the molecule is Cc1nn(Cc2cc(N)cc3c2OCOC3)c(C)c1Cl. The first-order valence-electron chi connectivity index (χ1n) is 6.37. The highest BCUT2D eigenvalue weighted by molar-refractivity contribution is 6.31. The Hall–Kier alpha value is -1.72. The van der Waals surface area contributed by atoms with Gasteiger partial charge in [-0.3, -0.25) is 4.68 Å². The predicted octanol–water partition coefficient (Wildman–Crippen LogP) is 2.65. The molecule has 1 aromatic heterocycles. The van der Waals surface area contributed by atoms with Gasteiger partial charge in [-0.15, -0.1) is 0 Å². The van der Waals surface area contributed by atoms with E-state index in [-0.39, 0.29) is 6.79 Å². The number of nitrogens with zero attached hydrogens (tertiary/aromatic N) is 2. The number of benzene rings is 1. The fourth-order valence-corrected chi connectivity index (χ4v) is 2.57. The second kappa shape index (κ2) is 5.00. The lowest BCUT2D eigenvalue weighted by Gasteiger charge is -2.21. The van der Waals surface area contributed by atoms with Crippen LogP contribution in [0.3, 0.4) is 0 Å². The lowest BCUT2D eigenvalue weighted by Crippen LogP contribution is -2.15. The molecule has 0 bridgehead atoms. The lowest BCUT2D eigenvalue weighted by atomic mass is 10.1. The summed E-state index contributed by atoms with van der Waals surface area (Å²) in [6.07, 6.45) is 0. The van der Waals surface area contributed by atoms with Gasteiger partial charge in [0.05, 0.1) is 29.6 Å². The fraction of sp³-hybridized carbons (Fsp3) is 0.357. The minimum atomic E-state index is 0.266. The predicted molar refractivity (Wildman–Crippen MR) is 77.0 cm³/mol. The van der Waals surface area contributed by atoms with E-state index in [1.54, 1.807) is 0 Å². The third-order valence-corrected chi connectivity index (χ3v) is 3.97. The average molecular weight is 294 g/mol. The van der Waals surface area contributed by atoms with Gasteiger partial charge in [0.25, 0.3) is 0 Å². The molecule has 2 aromatic rings. The van der Waals surface area contributed by atoms with Crippen LogP contribution < -0.4 is 10.5 Å². The summed E-state index contributed by atoms with van der Waals surface area (Å²) in [6.45, 7) is 5.20. The molecule has 20 heavy (non-hydrogen) atoms. The van der Waals surface area contributed by atoms with Gasteiger partial charge in [0.15, 0.2) is 6.79 Å². The molecule has 0 spiro atoms. The van der Waals surface area contributed by atoms with Gasteiger partial charge in [-0.2, -0.15) is 5.10 Å². The van der Waals surface area contributed by atoms with Crippen LogP contribution in [0.2, 0.25) is 5.02 Å². The van der Waals surface area contributed by atoms with Crippen LogP contribution in [-0.4, -0.2) is 16.6 Å². The molecule has 2 heterocycles. The standard InChI is InChI=1S/C14H16ClN3O2/c1-8-13(15)9(2)18(17-8)5-10-3-12(16)4-11-6-19-7-20-14(10)11/h3-4H,5-7,16H2,1-2H3.